The van der Waals surface area contributed by atoms with Crippen LogP contribution < -0.4 is 9.47 Å². The molecule has 2 fully saturated rings. The van der Waals surface area contributed by atoms with Crippen LogP contribution in [0.5, 0.6) is 11.5 Å². The zero-order valence-corrected chi connectivity index (χ0v) is 41.3. The second-order valence-electron chi connectivity index (χ2n) is 18.6. The minimum atomic E-state index is -0.885. The molecule has 0 spiro atoms. The molecular weight excluding hydrogens is 909 g/mol. The third kappa shape index (κ3) is 13.8. The van der Waals surface area contributed by atoms with Gasteiger partial charge >= 0.3 is 24.1 Å². The lowest BCUT2D eigenvalue weighted by atomic mass is 9.87. The predicted molar refractivity (Wildman–Crippen MR) is 263 cm³/mol. The van der Waals surface area contributed by atoms with E-state index in [0.29, 0.717) is 66.7 Å². The maximum absolute atomic E-state index is 12.7. The zero-order valence-electron chi connectivity index (χ0n) is 41.3. The van der Waals surface area contributed by atoms with Gasteiger partial charge < -0.3 is 47.4 Å². The van der Waals surface area contributed by atoms with E-state index < -0.39 is 17.7 Å². The number of esters is 1. The van der Waals surface area contributed by atoms with Crippen molar-refractivity contribution in [2.75, 3.05) is 39.9 Å². The van der Waals surface area contributed by atoms with Crippen molar-refractivity contribution in [1.82, 2.24) is 19.8 Å². The third-order valence-electron chi connectivity index (χ3n) is 12.3. The number of aromatic nitrogens is 2. The second-order valence-corrected chi connectivity index (χ2v) is 18.6. The number of amides is 2. The lowest BCUT2D eigenvalue weighted by molar-refractivity contribution is -0.142. The molecule has 374 valence electrons. The van der Waals surface area contributed by atoms with Crippen molar-refractivity contribution in [3.8, 4) is 34.4 Å². The van der Waals surface area contributed by atoms with Gasteiger partial charge in [-0.05, 0) is 113 Å². The zero-order chi connectivity index (χ0) is 50.7. The molecule has 2 amide bonds. The Labute approximate surface area is 413 Å². The highest BCUT2D eigenvalue weighted by molar-refractivity contribution is 5.72. The summed E-state index contributed by atoms with van der Waals surface area (Å²) in [6, 6.07) is 34.7. The molecule has 6 aromatic rings. The summed E-state index contributed by atoms with van der Waals surface area (Å²) in [7, 11) is 1.38. The first kappa shape index (κ1) is 51.2. The van der Waals surface area contributed by atoms with Crippen LogP contribution in [-0.4, -0.2) is 94.5 Å². The van der Waals surface area contributed by atoms with Crippen LogP contribution in [0.1, 0.15) is 86.4 Å². The number of carboxylic acids is 1. The van der Waals surface area contributed by atoms with Crippen molar-refractivity contribution in [2.45, 2.75) is 85.0 Å². The van der Waals surface area contributed by atoms with E-state index in [4.69, 9.17) is 32.5 Å². The highest BCUT2D eigenvalue weighted by Crippen LogP contribution is 2.39. The van der Waals surface area contributed by atoms with Gasteiger partial charge in [-0.15, -0.1) is 0 Å². The number of carbonyl (C=O) groups is 4. The van der Waals surface area contributed by atoms with Crippen molar-refractivity contribution in [3.05, 3.63) is 143 Å². The van der Waals surface area contributed by atoms with Gasteiger partial charge in [0, 0.05) is 49.1 Å². The molecule has 0 saturated carbocycles. The molecule has 4 heterocycles. The smallest absolute Gasteiger partial charge is 0.410 e. The van der Waals surface area contributed by atoms with Crippen molar-refractivity contribution >= 4 is 24.1 Å². The highest BCUT2D eigenvalue weighted by Gasteiger charge is 2.40. The number of likely N-dealkylation sites (tertiary alicyclic amines) is 2. The minimum Gasteiger partial charge on any atom is -0.487 e. The Bertz CT molecular complexity index is 2750. The van der Waals surface area contributed by atoms with Gasteiger partial charge in [-0.1, -0.05) is 60.7 Å². The normalized spacial score (nSPS) is 17.5. The number of benzene rings is 4. The number of aliphatic carboxylic acids is 1. The lowest BCUT2D eigenvalue weighted by Crippen LogP contribution is -2.35. The van der Waals surface area contributed by atoms with Crippen LogP contribution in [0.3, 0.4) is 0 Å². The Hall–Kier alpha value is -7.62. The summed E-state index contributed by atoms with van der Waals surface area (Å²) in [6.07, 6.45) is -0.602. The SMILES string of the molecule is CCOC(=O)N1C[C@H](CC(=O)O)[C@H](c2cccc(OCc3nc(-c4ccccc4)oc3C)c2)C1.COC(=O)C[C@H]1CN(C(=O)OC(C)(C)C)C[C@H]1c1cccc(OCc2nc(-c3ccccc3)oc2C)c1. The van der Waals surface area contributed by atoms with E-state index in [2.05, 4.69) is 9.97 Å². The van der Waals surface area contributed by atoms with E-state index in [1.165, 1.54) is 7.11 Å². The Balaban J connectivity index is 0.000000209. The van der Waals surface area contributed by atoms with Gasteiger partial charge in [0.15, 0.2) is 0 Å². The van der Waals surface area contributed by atoms with Crippen molar-refractivity contribution < 1.29 is 56.8 Å². The fourth-order valence-electron chi connectivity index (χ4n) is 8.78. The average Bonchev–Trinajstić information content (AvgIpc) is 4.16. The third-order valence-corrected chi connectivity index (χ3v) is 12.3. The van der Waals surface area contributed by atoms with Crippen molar-refractivity contribution in [1.29, 1.82) is 0 Å². The molecule has 71 heavy (non-hydrogen) atoms. The van der Waals surface area contributed by atoms with Crippen LogP contribution in [0, 0.1) is 25.7 Å². The molecule has 0 aliphatic carbocycles. The number of carboxylic acid groups (broad SMARTS) is 1. The number of rotatable bonds is 15. The molecule has 8 rings (SSSR count). The number of ether oxygens (including phenoxy) is 5. The molecule has 2 saturated heterocycles. The second kappa shape index (κ2) is 23.3. The molecule has 4 aromatic carbocycles. The summed E-state index contributed by atoms with van der Waals surface area (Å²) in [5.74, 6) is 2.15. The number of nitrogens with zero attached hydrogens (tertiary/aromatic N) is 4. The van der Waals surface area contributed by atoms with Gasteiger partial charge in [0.25, 0.3) is 0 Å². The number of carbonyl (C=O) groups excluding carboxylic acids is 3. The monoisotopic (exact) mass is 970 g/mol. The molecule has 16 nitrogen and oxygen atoms in total. The summed E-state index contributed by atoms with van der Waals surface area (Å²) < 4.78 is 39.3. The Morgan fingerprint density at radius 2 is 1.11 bits per heavy atom. The molecule has 0 unspecified atom stereocenters. The standard InChI is InChI=1S/C29H34N2O6.C26H28N2O6/c1-19-25(30-27(36-19)20-10-7-6-8-11-20)18-35-23-13-9-12-21(14-23)24-17-31(28(33)37-29(2,3)4)16-22(24)15-26(32)34-5;1-3-32-26(31)28-14-20(13-24(29)30)22(15-28)19-10-7-11-21(12-19)33-16-23-17(2)34-25(27-23)18-8-5-4-6-9-18/h6-14,22,24H,15-18H2,1-5H3;4-12,20,22H,3,13-16H2,1-2H3,(H,29,30)/t22-,24-;20-,22-/m00/s1. The fraction of sp³-hybridized carbons (Fsp3) is 0.382. The maximum Gasteiger partial charge on any atom is 0.410 e. The Morgan fingerprint density at radius 3 is 1.55 bits per heavy atom. The number of oxazole rings is 2. The Morgan fingerprint density at radius 1 is 0.648 bits per heavy atom. The van der Waals surface area contributed by atoms with Gasteiger partial charge in [-0.25, -0.2) is 19.6 Å². The van der Waals surface area contributed by atoms with Gasteiger partial charge in [-0.3, -0.25) is 9.59 Å². The molecule has 1 N–H and O–H groups in total. The molecule has 0 bridgehead atoms. The van der Waals surface area contributed by atoms with E-state index in [1.54, 1.807) is 16.7 Å². The van der Waals surface area contributed by atoms with Crippen molar-refractivity contribution in [3.63, 3.8) is 0 Å². The molecule has 2 aliphatic rings. The number of hydrogen-bond acceptors (Lipinski definition) is 13. The fourth-order valence-corrected chi connectivity index (χ4v) is 8.78. The van der Waals surface area contributed by atoms with Gasteiger partial charge in [0.1, 0.15) is 53.2 Å². The van der Waals surface area contributed by atoms with E-state index in [1.807, 2.05) is 144 Å². The summed E-state index contributed by atoms with van der Waals surface area (Å²) in [5.41, 5.74) is 4.56. The van der Waals surface area contributed by atoms with Crippen LogP contribution in [0.2, 0.25) is 0 Å². The summed E-state index contributed by atoms with van der Waals surface area (Å²) in [6.45, 7) is 13.4. The summed E-state index contributed by atoms with van der Waals surface area (Å²) in [5, 5.41) is 9.37. The Kier molecular flexibility index (Phi) is 16.8. The first-order valence-electron chi connectivity index (χ1n) is 23.7. The first-order valence-corrected chi connectivity index (χ1v) is 23.7. The lowest BCUT2D eigenvalue weighted by Gasteiger charge is -2.24. The average molecular weight is 971 g/mol. The number of aryl methyl sites for hydroxylation is 2. The topological polar surface area (TPSA) is 193 Å². The van der Waals surface area contributed by atoms with Crippen LogP contribution in [0.4, 0.5) is 9.59 Å². The number of methoxy groups -OCH3 is 1. The predicted octanol–water partition coefficient (Wildman–Crippen LogP) is 10.6. The van der Waals surface area contributed by atoms with Gasteiger partial charge in [0.05, 0.1) is 26.6 Å². The van der Waals surface area contributed by atoms with Crippen LogP contribution in [0.15, 0.2) is 118 Å². The van der Waals surface area contributed by atoms with Crippen LogP contribution in [0.25, 0.3) is 22.9 Å². The summed E-state index contributed by atoms with van der Waals surface area (Å²) in [4.78, 5) is 60.9. The molecule has 16 heteroatoms. The summed E-state index contributed by atoms with van der Waals surface area (Å²) >= 11 is 0. The molecule has 2 aliphatic heterocycles. The first-order chi connectivity index (χ1) is 34.1. The number of hydrogen-bond donors (Lipinski definition) is 1. The van der Waals surface area contributed by atoms with Crippen LogP contribution >= 0.6 is 0 Å². The molecule has 0 radical (unpaired) electrons. The van der Waals surface area contributed by atoms with Gasteiger partial charge in [-0.2, -0.15) is 0 Å². The molecule has 4 atom stereocenters. The minimum absolute atomic E-state index is 0.0218. The maximum atomic E-state index is 12.7. The van der Waals surface area contributed by atoms with E-state index in [-0.39, 0.29) is 68.4 Å². The van der Waals surface area contributed by atoms with Crippen molar-refractivity contribution in [2.24, 2.45) is 11.8 Å². The van der Waals surface area contributed by atoms with E-state index >= 15 is 0 Å². The largest absolute Gasteiger partial charge is 0.487 e. The van der Waals surface area contributed by atoms with Crippen LogP contribution in [-0.2, 0) is 37.0 Å². The molecular formula is C55H62N4O12. The van der Waals surface area contributed by atoms with E-state index in [0.717, 1.165) is 27.9 Å². The quantitative estimate of drug-likeness (QED) is 0.0754. The van der Waals surface area contributed by atoms with E-state index in [9.17, 15) is 24.3 Å². The highest BCUT2D eigenvalue weighted by atomic mass is 16.6. The molecule has 2 aromatic heterocycles. The van der Waals surface area contributed by atoms with Gasteiger partial charge in [0.2, 0.25) is 11.8 Å².